The first kappa shape index (κ1) is 20.9. The van der Waals surface area contributed by atoms with Crippen molar-refractivity contribution < 1.29 is 18.1 Å². The zero-order valence-electron chi connectivity index (χ0n) is 13.8. The summed E-state index contributed by atoms with van der Waals surface area (Å²) in [6.07, 6.45) is 12.0. The van der Waals surface area contributed by atoms with Crippen LogP contribution in [0.5, 0.6) is 0 Å². The van der Waals surface area contributed by atoms with E-state index in [9.17, 15) is 13.5 Å². The molecule has 0 saturated carbocycles. The lowest BCUT2D eigenvalue weighted by Crippen LogP contribution is -2.16. The van der Waals surface area contributed by atoms with Crippen molar-refractivity contribution in [2.75, 3.05) is 0 Å². The standard InChI is InChI=1S/C16H34O4S/c1-3-4-5-6-10-13-16(17)14-11-8-7-9-12-15(2)21(18,19)20/h15-17H,3-14H2,1-2H3,(H,18,19,20). The molecule has 0 aliphatic heterocycles. The van der Waals surface area contributed by atoms with Gasteiger partial charge in [-0.3, -0.25) is 4.55 Å². The molecule has 0 amide bonds. The molecule has 0 aliphatic rings. The summed E-state index contributed by atoms with van der Waals surface area (Å²) in [7, 11) is -3.87. The molecule has 21 heavy (non-hydrogen) atoms. The summed E-state index contributed by atoms with van der Waals surface area (Å²) in [4.78, 5) is 0. The van der Waals surface area contributed by atoms with E-state index in [4.69, 9.17) is 4.55 Å². The number of hydrogen-bond acceptors (Lipinski definition) is 3. The molecule has 0 fully saturated rings. The van der Waals surface area contributed by atoms with Gasteiger partial charge < -0.3 is 5.11 Å². The highest BCUT2D eigenvalue weighted by atomic mass is 32.2. The highest BCUT2D eigenvalue weighted by Gasteiger charge is 2.16. The zero-order chi connectivity index (χ0) is 16.1. The highest BCUT2D eigenvalue weighted by Crippen LogP contribution is 2.15. The number of rotatable bonds is 14. The first-order chi connectivity index (χ1) is 9.88. The minimum absolute atomic E-state index is 0.177. The van der Waals surface area contributed by atoms with Gasteiger partial charge in [0.25, 0.3) is 10.1 Å². The Kier molecular flexibility index (Phi) is 12.3. The van der Waals surface area contributed by atoms with Gasteiger partial charge in [-0.15, -0.1) is 0 Å². The van der Waals surface area contributed by atoms with Crippen LogP contribution in [0.15, 0.2) is 0 Å². The van der Waals surface area contributed by atoms with Crippen LogP contribution in [-0.4, -0.2) is 29.4 Å². The van der Waals surface area contributed by atoms with Crippen LogP contribution in [0.2, 0.25) is 0 Å². The van der Waals surface area contributed by atoms with Crippen LogP contribution in [0.25, 0.3) is 0 Å². The summed E-state index contributed by atoms with van der Waals surface area (Å²) in [5, 5.41) is 9.18. The number of aliphatic hydroxyl groups excluding tert-OH is 1. The normalized spacial score (nSPS) is 15.0. The van der Waals surface area contributed by atoms with Crippen LogP contribution < -0.4 is 0 Å². The molecular formula is C16H34O4S. The molecule has 5 heteroatoms. The SMILES string of the molecule is CCCCCCCC(O)CCCCCCC(C)S(=O)(=O)O. The quantitative estimate of drug-likeness (QED) is 0.369. The van der Waals surface area contributed by atoms with Crippen LogP contribution in [0.3, 0.4) is 0 Å². The van der Waals surface area contributed by atoms with Crippen LogP contribution in [0.4, 0.5) is 0 Å². The Bertz CT molecular complexity index is 327. The van der Waals surface area contributed by atoms with Crippen LogP contribution in [0, 0.1) is 0 Å². The molecule has 0 heterocycles. The van der Waals surface area contributed by atoms with Gasteiger partial charge in [-0.1, -0.05) is 64.7 Å². The van der Waals surface area contributed by atoms with E-state index >= 15 is 0 Å². The summed E-state index contributed by atoms with van der Waals surface area (Å²) in [6.45, 7) is 3.74. The second-order valence-electron chi connectivity index (χ2n) is 6.17. The topological polar surface area (TPSA) is 74.6 Å². The predicted molar refractivity (Wildman–Crippen MR) is 88.1 cm³/mol. The van der Waals surface area contributed by atoms with Crippen molar-refractivity contribution >= 4 is 10.1 Å². The number of hydrogen-bond donors (Lipinski definition) is 2. The molecule has 2 atom stereocenters. The maximum Gasteiger partial charge on any atom is 0.267 e. The van der Waals surface area contributed by atoms with E-state index in [0.29, 0.717) is 6.42 Å². The van der Waals surface area contributed by atoms with E-state index in [2.05, 4.69) is 6.92 Å². The molecule has 2 N–H and O–H groups in total. The molecule has 0 aromatic rings. The van der Waals surface area contributed by atoms with Crippen molar-refractivity contribution in [2.24, 2.45) is 0 Å². The van der Waals surface area contributed by atoms with Gasteiger partial charge in [0, 0.05) is 0 Å². The molecule has 0 aromatic heterocycles. The molecule has 4 nitrogen and oxygen atoms in total. The lowest BCUT2D eigenvalue weighted by atomic mass is 10.0. The summed E-state index contributed by atoms with van der Waals surface area (Å²) < 4.78 is 30.5. The van der Waals surface area contributed by atoms with Crippen molar-refractivity contribution in [3.05, 3.63) is 0 Å². The van der Waals surface area contributed by atoms with Gasteiger partial charge in [0.15, 0.2) is 0 Å². The third kappa shape index (κ3) is 13.3. The molecule has 0 radical (unpaired) electrons. The van der Waals surface area contributed by atoms with Crippen molar-refractivity contribution in [1.29, 1.82) is 0 Å². The molecule has 128 valence electrons. The molecule has 0 rings (SSSR count). The first-order valence-electron chi connectivity index (χ1n) is 8.52. The second-order valence-corrected chi connectivity index (χ2v) is 8.01. The van der Waals surface area contributed by atoms with E-state index < -0.39 is 15.4 Å². The van der Waals surface area contributed by atoms with E-state index in [1.807, 2.05) is 0 Å². The molecule has 0 aromatic carbocycles. The fourth-order valence-electron chi connectivity index (χ4n) is 2.44. The Morgan fingerprint density at radius 1 is 0.810 bits per heavy atom. The average molecular weight is 323 g/mol. The highest BCUT2D eigenvalue weighted by molar-refractivity contribution is 7.86. The van der Waals surface area contributed by atoms with E-state index in [0.717, 1.165) is 44.9 Å². The van der Waals surface area contributed by atoms with Crippen LogP contribution in [0.1, 0.15) is 90.9 Å². The summed E-state index contributed by atoms with van der Waals surface area (Å²) in [6, 6.07) is 0. The molecule has 2 unspecified atom stereocenters. The molecule has 0 aliphatic carbocycles. The van der Waals surface area contributed by atoms with Gasteiger partial charge in [0.2, 0.25) is 0 Å². The first-order valence-corrected chi connectivity index (χ1v) is 10.0. The van der Waals surface area contributed by atoms with Crippen molar-refractivity contribution in [3.63, 3.8) is 0 Å². The Balaban J connectivity index is 3.38. The van der Waals surface area contributed by atoms with Gasteiger partial charge in [-0.2, -0.15) is 8.42 Å². The predicted octanol–water partition coefficient (Wildman–Crippen LogP) is 4.32. The van der Waals surface area contributed by atoms with Gasteiger partial charge in [0.1, 0.15) is 0 Å². The van der Waals surface area contributed by atoms with Gasteiger partial charge >= 0.3 is 0 Å². The van der Waals surface area contributed by atoms with Crippen LogP contribution in [-0.2, 0) is 10.1 Å². The molecule has 0 saturated heterocycles. The maximum absolute atomic E-state index is 10.8. The fourth-order valence-corrected chi connectivity index (χ4v) is 2.91. The minimum Gasteiger partial charge on any atom is -0.393 e. The largest absolute Gasteiger partial charge is 0.393 e. The molecule has 0 bridgehead atoms. The van der Waals surface area contributed by atoms with E-state index in [-0.39, 0.29) is 6.10 Å². The van der Waals surface area contributed by atoms with Crippen LogP contribution >= 0.6 is 0 Å². The summed E-state index contributed by atoms with van der Waals surface area (Å²) in [5.41, 5.74) is 0. The van der Waals surface area contributed by atoms with Crippen molar-refractivity contribution in [3.8, 4) is 0 Å². The van der Waals surface area contributed by atoms with Gasteiger partial charge in [-0.25, -0.2) is 0 Å². The number of aliphatic hydroxyl groups is 1. The third-order valence-corrected chi connectivity index (χ3v) is 5.30. The van der Waals surface area contributed by atoms with Crippen molar-refractivity contribution in [2.45, 2.75) is 102 Å². The van der Waals surface area contributed by atoms with Gasteiger partial charge in [-0.05, 0) is 26.2 Å². The second kappa shape index (κ2) is 12.4. The lowest BCUT2D eigenvalue weighted by molar-refractivity contribution is 0.147. The fraction of sp³-hybridized carbons (Fsp3) is 1.00. The smallest absolute Gasteiger partial charge is 0.267 e. The minimum atomic E-state index is -3.87. The Morgan fingerprint density at radius 2 is 1.24 bits per heavy atom. The summed E-state index contributed by atoms with van der Waals surface area (Å²) in [5.74, 6) is 0. The monoisotopic (exact) mass is 322 g/mol. The Labute approximate surface area is 131 Å². The molecule has 0 spiro atoms. The van der Waals surface area contributed by atoms with Crippen molar-refractivity contribution in [1.82, 2.24) is 0 Å². The Hall–Kier alpha value is -0.130. The maximum atomic E-state index is 10.8. The Morgan fingerprint density at radius 3 is 1.67 bits per heavy atom. The summed E-state index contributed by atoms with van der Waals surface area (Å²) >= 11 is 0. The average Bonchev–Trinajstić information content (AvgIpc) is 2.41. The molecular weight excluding hydrogens is 288 g/mol. The lowest BCUT2D eigenvalue weighted by Gasteiger charge is -2.10. The van der Waals surface area contributed by atoms with Gasteiger partial charge in [0.05, 0.1) is 11.4 Å². The van der Waals surface area contributed by atoms with E-state index in [1.165, 1.54) is 32.6 Å². The third-order valence-electron chi connectivity index (χ3n) is 4.05. The zero-order valence-corrected chi connectivity index (χ0v) is 14.6. The van der Waals surface area contributed by atoms with E-state index in [1.54, 1.807) is 0 Å². The number of unbranched alkanes of at least 4 members (excludes halogenated alkanes) is 7.